The summed E-state index contributed by atoms with van der Waals surface area (Å²) in [5.41, 5.74) is 0.813. The second-order valence-corrected chi connectivity index (χ2v) is 7.81. The third-order valence-electron chi connectivity index (χ3n) is 6.11. The van der Waals surface area contributed by atoms with Gasteiger partial charge < -0.3 is 14.6 Å². The minimum atomic E-state index is -0.525. The molecule has 1 aliphatic heterocycles. The van der Waals surface area contributed by atoms with Crippen molar-refractivity contribution >= 4 is 11.9 Å². The van der Waals surface area contributed by atoms with Crippen molar-refractivity contribution < 1.29 is 13.6 Å². The lowest BCUT2D eigenvalue weighted by molar-refractivity contribution is 0.0768. The normalized spacial score (nSPS) is 22.1. The third-order valence-corrected chi connectivity index (χ3v) is 6.11. The van der Waals surface area contributed by atoms with Crippen LogP contribution in [0.1, 0.15) is 10.4 Å². The quantitative estimate of drug-likeness (QED) is 0.693. The maximum absolute atomic E-state index is 14.1. The van der Waals surface area contributed by atoms with E-state index >= 15 is 0 Å². The van der Waals surface area contributed by atoms with Gasteiger partial charge in [-0.05, 0) is 29.9 Å². The first-order valence-corrected chi connectivity index (χ1v) is 9.76. The second kappa shape index (κ2) is 7.08. The molecule has 1 saturated carbocycles. The molecule has 2 fully saturated rings. The zero-order chi connectivity index (χ0) is 20.8. The van der Waals surface area contributed by atoms with Gasteiger partial charge >= 0.3 is 0 Å². The van der Waals surface area contributed by atoms with Crippen LogP contribution >= 0.6 is 0 Å². The molecule has 0 aromatic carbocycles. The zero-order valence-corrected chi connectivity index (χ0v) is 16.3. The molecule has 1 saturated heterocycles. The molecule has 1 N–H and O–H groups in total. The number of fused-ring (bicyclic) bond motifs is 1. The molecular formula is C21H20FN5O3. The van der Waals surface area contributed by atoms with E-state index in [2.05, 4.69) is 15.3 Å². The van der Waals surface area contributed by atoms with E-state index in [4.69, 9.17) is 4.42 Å². The Balaban J connectivity index is 1.25. The molecule has 2 unspecified atom stereocenters. The summed E-state index contributed by atoms with van der Waals surface area (Å²) < 4.78 is 20.5. The van der Waals surface area contributed by atoms with Gasteiger partial charge in [0.25, 0.3) is 11.5 Å². The predicted molar refractivity (Wildman–Crippen MR) is 106 cm³/mol. The SMILES string of the molecule is Cn1c(NCC2C3CN(C(=O)c4ccoc4)CC23)nc(-c2ccncc2F)cc1=O. The van der Waals surface area contributed by atoms with E-state index in [1.165, 1.54) is 35.4 Å². The molecule has 2 aliphatic rings. The molecule has 0 spiro atoms. The van der Waals surface area contributed by atoms with E-state index in [1.807, 2.05) is 4.90 Å². The number of nitrogens with zero attached hydrogens (tertiary/aromatic N) is 4. The van der Waals surface area contributed by atoms with Gasteiger partial charge in [0.2, 0.25) is 5.95 Å². The molecule has 0 bridgehead atoms. The van der Waals surface area contributed by atoms with Crippen LogP contribution in [0.2, 0.25) is 0 Å². The van der Waals surface area contributed by atoms with Crippen LogP contribution in [-0.4, -0.2) is 45.0 Å². The lowest BCUT2D eigenvalue weighted by Crippen LogP contribution is -2.32. The first kappa shape index (κ1) is 18.5. The summed E-state index contributed by atoms with van der Waals surface area (Å²) in [4.78, 5) is 34.8. The minimum Gasteiger partial charge on any atom is -0.472 e. The molecule has 30 heavy (non-hydrogen) atoms. The number of furan rings is 1. The first-order valence-electron chi connectivity index (χ1n) is 9.76. The Morgan fingerprint density at radius 1 is 1.33 bits per heavy atom. The number of nitrogens with one attached hydrogen (secondary N) is 1. The van der Waals surface area contributed by atoms with Gasteiger partial charge in [-0.2, -0.15) is 0 Å². The van der Waals surface area contributed by atoms with Crippen LogP contribution in [0.25, 0.3) is 11.3 Å². The molecule has 3 aromatic rings. The Bertz CT molecular complexity index is 1150. The molecule has 5 rings (SSSR count). The van der Waals surface area contributed by atoms with Gasteiger partial charge in [0, 0.05) is 44.5 Å². The van der Waals surface area contributed by atoms with Gasteiger partial charge in [-0.3, -0.25) is 19.1 Å². The summed E-state index contributed by atoms with van der Waals surface area (Å²) in [6, 6.07) is 4.49. The van der Waals surface area contributed by atoms with Crippen molar-refractivity contribution in [2.75, 3.05) is 25.0 Å². The van der Waals surface area contributed by atoms with Crippen LogP contribution in [0.15, 0.2) is 52.3 Å². The Labute approximate surface area is 171 Å². The second-order valence-electron chi connectivity index (χ2n) is 7.81. The number of hydrogen-bond acceptors (Lipinski definition) is 6. The fourth-order valence-corrected chi connectivity index (χ4v) is 4.31. The smallest absolute Gasteiger partial charge is 0.257 e. The van der Waals surface area contributed by atoms with E-state index in [1.54, 1.807) is 13.1 Å². The van der Waals surface area contributed by atoms with Crippen molar-refractivity contribution in [2.45, 2.75) is 0 Å². The fraction of sp³-hybridized carbons (Fsp3) is 0.333. The third kappa shape index (κ3) is 3.16. The summed E-state index contributed by atoms with van der Waals surface area (Å²) in [7, 11) is 1.63. The van der Waals surface area contributed by atoms with Crippen LogP contribution in [0.3, 0.4) is 0 Å². The van der Waals surface area contributed by atoms with Gasteiger partial charge in [-0.15, -0.1) is 0 Å². The number of piperidine rings is 1. The minimum absolute atomic E-state index is 0.00111. The van der Waals surface area contributed by atoms with Gasteiger partial charge in [0.1, 0.15) is 6.26 Å². The predicted octanol–water partition coefficient (Wildman–Crippen LogP) is 2.00. The van der Waals surface area contributed by atoms with Crippen molar-refractivity contribution in [2.24, 2.45) is 24.8 Å². The summed E-state index contributed by atoms with van der Waals surface area (Å²) in [5.74, 6) is 1.15. The van der Waals surface area contributed by atoms with Crippen LogP contribution in [0.4, 0.5) is 10.3 Å². The van der Waals surface area contributed by atoms with Crippen LogP contribution in [0, 0.1) is 23.6 Å². The van der Waals surface area contributed by atoms with Gasteiger partial charge in [0.15, 0.2) is 5.82 Å². The number of amides is 1. The van der Waals surface area contributed by atoms with Gasteiger partial charge in [-0.1, -0.05) is 0 Å². The van der Waals surface area contributed by atoms with Gasteiger partial charge in [-0.25, -0.2) is 9.37 Å². The Morgan fingerprint density at radius 2 is 2.13 bits per heavy atom. The average Bonchev–Trinajstić information content (AvgIpc) is 3.15. The van der Waals surface area contributed by atoms with Crippen LogP contribution in [-0.2, 0) is 7.05 Å². The van der Waals surface area contributed by atoms with Crippen LogP contribution < -0.4 is 10.9 Å². The zero-order valence-electron chi connectivity index (χ0n) is 16.3. The van der Waals surface area contributed by atoms with Crippen molar-refractivity contribution in [3.05, 3.63) is 64.9 Å². The van der Waals surface area contributed by atoms with E-state index in [9.17, 15) is 14.0 Å². The van der Waals surface area contributed by atoms with E-state index < -0.39 is 5.82 Å². The lowest BCUT2D eigenvalue weighted by Gasteiger charge is -2.19. The van der Waals surface area contributed by atoms with Gasteiger partial charge in [0.05, 0.1) is 23.7 Å². The number of rotatable bonds is 5. The van der Waals surface area contributed by atoms with E-state index in [0.717, 1.165) is 19.3 Å². The number of halogens is 1. The maximum atomic E-state index is 14.1. The topological polar surface area (TPSA) is 93.3 Å². The maximum Gasteiger partial charge on any atom is 0.257 e. The van der Waals surface area contributed by atoms with E-state index in [-0.39, 0.29) is 22.7 Å². The summed E-state index contributed by atoms with van der Waals surface area (Å²) in [5, 5.41) is 3.24. The Morgan fingerprint density at radius 3 is 2.83 bits per heavy atom. The highest BCUT2D eigenvalue weighted by atomic mass is 19.1. The van der Waals surface area contributed by atoms with Crippen LogP contribution in [0.5, 0.6) is 0 Å². The molecule has 2 atom stereocenters. The molecule has 3 aromatic heterocycles. The molecule has 0 radical (unpaired) electrons. The summed E-state index contributed by atoms with van der Waals surface area (Å²) in [6.45, 7) is 2.08. The number of carbonyl (C=O) groups excluding carboxylic acids is 1. The summed E-state index contributed by atoms with van der Waals surface area (Å²) >= 11 is 0. The number of pyridine rings is 1. The largest absolute Gasteiger partial charge is 0.472 e. The highest BCUT2D eigenvalue weighted by Gasteiger charge is 2.56. The number of hydrogen-bond donors (Lipinski definition) is 1. The van der Waals surface area contributed by atoms with Crippen molar-refractivity contribution in [1.29, 1.82) is 0 Å². The molecule has 1 aliphatic carbocycles. The number of anilines is 1. The Hall–Kier alpha value is -3.49. The number of likely N-dealkylation sites (tertiary alicyclic amines) is 1. The van der Waals surface area contributed by atoms with Crippen molar-refractivity contribution in [3.8, 4) is 11.3 Å². The highest BCUT2D eigenvalue weighted by Crippen LogP contribution is 2.51. The standard InChI is InChI=1S/C21H20FN5O3/c1-26-19(28)6-18(13-2-4-23-8-17(13)22)25-21(26)24-7-14-15-9-27(10-16(14)15)20(29)12-3-5-30-11-12/h2-6,8,11,14-16H,7,9-10H2,1H3,(H,24,25). The fourth-order valence-electron chi connectivity index (χ4n) is 4.31. The average molecular weight is 409 g/mol. The number of carbonyl (C=O) groups is 1. The Kier molecular flexibility index (Phi) is 4.38. The molecular weight excluding hydrogens is 389 g/mol. The molecule has 4 heterocycles. The number of aromatic nitrogens is 3. The van der Waals surface area contributed by atoms with Crippen molar-refractivity contribution in [3.63, 3.8) is 0 Å². The molecule has 1 amide bonds. The molecule has 154 valence electrons. The van der Waals surface area contributed by atoms with Crippen molar-refractivity contribution in [1.82, 2.24) is 19.4 Å². The monoisotopic (exact) mass is 409 g/mol. The van der Waals surface area contributed by atoms with E-state index in [0.29, 0.717) is 35.8 Å². The highest BCUT2D eigenvalue weighted by molar-refractivity contribution is 5.94. The molecule has 9 heteroatoms. The first-order chi connectivity index (χ1) is 14.5. The molecule has 8 nitrogen and oxygen atoms in total. The lowest BCUT2D eigenvalue weighted by atomic mass is 10.2. The summed E-state index contributed by atoms with van der Waals surface area (Å²) in [6.07, 6.45) is 5.53.